The molecule has 0 aromatic heterocycles. The van der Waals surface area contributed by atoms with Crippen molar-refractivity contribution < 1.29 is 9.59 Å². The number of nitrogens with zero attached hydrogens (tertiary/aromatic N) is 2. The molecule has 0 bridgehead atoms. The van der Waals surface area contributed by atoms with Gasteiger partial charge in [-0.1, -0.05) is 11.6 Å². The Morgan fingerprint density at radius 3 is 2.21 bits per heavy atom. The number of nitrogens with one attached hydrogen (secondary N) is 1. The second kappa shape index (κ2) is 6.04. The van der Waals surface area contributed by atoms with E-state index in [1.54, 1.807) is 36.1 Å². The lowest BCUT2D eigenvalue weighted by molar-refractivity contribution is -0.130. The summed E-state index contributed by atoms with van der Waals surface area (Å²) < 4.78 is 0. The third-order valence-electron chi connectivity index (χ3n) is 3.09. The van der Waals surface area contributed by atoms with Crippen molar-refractivity contribution >= 4 is 23.4 Å². The topological polar surface area (TPSA) is 52.7 Å². The monoisotopic (exact) mass is 281 g/mol. The average molecular weight is 282 g/mol. The van der Waals surface area contributed by atoms with Gasteiger partial charge >= 0.3 is 0 Å². The molecule has 1 heterocycles. The second-order valence-electron chi connectivity index (χ2n) is 4.44. The van der Waals surface area contributed by atoms with Gasteiger partial charge in [-0.15, -0.1) is 0 Å². The summed E-state index contributed by atoms with van der Waals surface area (Å²) in [6.07, 6.45) is 0. The van der Waals surface area contributed by atoms with Crippen molar-refractivity contribution in [1.29, 1.82) is 0 Å². The van der Waals surface area contributed by atoms with E-state index in [9.17, 15) is 9.59 Å². The van der Waals surface area contributed by atoms with E-state index >= 15 is 0 Å². The van der Waals surface area contributed by atoms with Crippen LogP contribution in [0.15, 0.2) is 24.3 Å². The minimum Gasteiger partial charge on any atom is -0.340 e. The minimum atomic E-state index is -0.159. The van der Waals surface area contributed by atoms with Crippen LogP contribution in [-0.4, -0.2) is 47.9 Å². The van der Waals surface area contributed by atoms with Crippen molar-refractivity contribution in [1.82, 2.24) is 15.3 Å². The molecule has 2 amide bonds. The van der Waals surface area contributed by atoms with Crippen LogP contribution in [0.1, 0.15) is 17.3 Å². The molecule has 0 spiro atoms. The maximum absolute atomic E-state index is 12.0. The lowest BCUT2D eigenvalue weighted by atomic mass is 10.2. The van der Waals surface area contributed by atoms with Gasteiger partial charge in [-0.3, -0.25) is 15.0 Å². The molecule has 0 saturated carbocycles. The van der Waals surface area contributed by atoms with Gasteiger partial charge in [0.05, 0.1) is 0 Å². The van der Waals surface area contributed by atoms with E-state index in [0.717, 1.165) is 0 Å². The first-order valence-electron chi connectivity index (χ1n) is 6.13. The summed E-state index contributed by atoms with van der Waals surface area (Å²) in [5, 5.41) is 2.43. The molecule has 1 aromatic rings. The van der Waals surface area contributed by atoms with Crippen LogP contribution in [0.5, 0.6) is 0 Å². The fourth-order valence-electron chi connectivity index (χ4n) is 1.94. The van der Waals surface area contributed by atoms with E-state index in [1.165, 1.54) is 0 Å². The van der Waals surface area contributed by atoms with Crippen molar-refractivity contribution in [3.8, 4) is 0 Å². The van der Waals surface area contributed by atoms with Crippen LogP contribution in [0.2, 0.25) is 5.02 Å². The lowest BCUT2D eigenvalue weighted by Gasteiger charge is -2.34. The largest absolute Gasteiger partial charge is 0.340 e. The third-order valence-corrected chi connectivity index (χ3v) is 3.34. The molecule has 2 rings (SSSR count). The number of benzene rings is 1. The summed E-state index contributed by atoms with van der Waals surface area (Å²) in [4.78, 5) is 24.9. The maximum Gasteiger partial charge on any atom is 0.265 e. The number of halogens is 1. The molecule has 102 valence electrons. The Hall–Kier alpha value is -1.59. The summed E-state index contributed by atoms with van der Waals surface area (Å²) in [6.45, 7) is 4.10. The number of hydrazine groups is 1. The number of carbonyl (C=O) groups excluding carboxylic acids is 2. The van der Waals surface area contributed by atoms with Crippen molar-refractivity contribution in [3.05, 3.63) is 34.9 Å². The zero-order chi connectivity index (χ0) is 13.8. The van der Waals surface area contributed by atoms with Gasteiger partial charge in [-0.2, -0.15) is 0 Å². The van der Waals surface area contributed by atoms with Crippen LogP contribution >= 0.6 is 11.6 Å². The molecule has 0 atom stereocenters. The Bertz CT molecular complexity index is 467. The lowest BCUT2D eigenvalue weighted by Crippen LogP contribution is -2.54. The zero-order valence-electron chi connectivity index (χ0n) is 10.7. The van der Waals surface area contributed by atoms with Gasteiger partial charge in [0.2, 0.25) is 5.91 Å². The molecule has 1 saturated heterocycles. The highest BCUT2D eigenvalue weighted by atomic mass is 35.5. The molecular weight excluding hydrogens is 266 g/mol. The molecular formula is C13H16ClN3O2. The van der Waals surface area contributed by atoms with Gasteiger partial charge < -0.3 is 4.90 Å². The molecule has 0 unspecified atom stereocenters. The van der Waals surface area contributed by atoms with E-state index in [-0.39, 0.29) is 11.8 Å². The minimum absolute atomic E-state index is 0.0728. The highest BCUT2D eigenvalue weighted by Gasteiger charge is 2.20. The van der Waals surface area contributed by atoms with Crippen LogP contribution < -0.4 is 5.43 Å². The molecule has 1 aliphatic heterocycles. The van der Waals surface area contributed by atoms with Crippen LogP contribution in [0.25, 0.3) is 0 Å². The zero-order valence-corrected chi connectivity index (χ0v) is 11.5. The fraction of sp³-hybridized carbons (Fsp3) is 0.385. The summed E-state index contributed by atoms with van der Waals surface area (Å²) in [7, 11) is 0. The van der Waals surface area contributed by atoms with Crippen molar-refractivity contribution in [3.63, 3.8) is 0 Å². The Morgan fingerprint density at radius 1 is 1.11 bits per heavy atom. The second-order valence-corrected chi connectivity index (χ2v) is 4.88. The number of rotatable bonds is 2. The quantitative estimate of drug-likeness (QED) is 0.885. The Balaban J connectivity index is 1.87. The van der Waals surface area contributed by atoms with E-state index in [2.05, 4.69) is 5.43 Å². The van der Waals surface area contributed by atoms with Crippen LogP contribution in [0.3, 0.4) is 0 Å². The van der Waals surface area contributed by atoms with Gasteiger partial charge in [0.15, 0.2) is 0 Å². The summed E-state index contributed by atoms with van der Waals surface area (Å²) in [5.74, 6) is -0.0865. The summed E-state index contributed by atoms with van der Waals surface area (Å²) in [6, 6.07) is 6.74. The molecule has 1 aromatic carbocycles. The summed E-state index contributed by atoms with van der Waals surface area (Å²) in [5.41, 5.74) is 3.40. The van der Waals surface area contributed by atoms with Gasteiger partial charge in [-0.05, 0) is 24.3 Å². The predicted octanol–water partition coefficient (Wildman–Crippen LogP) is 1.15. The molecule has 1 fully saturated rings. The fourth-order valence-corrected chi connectivity index (χ4v) is 2.07. The molecule has 19 heavy (non-hydrogen) atoms. The smallest absolute Gasteiger partial charge is 0.265 e. The van der Waals surface area contributed by atoms with E-state index in [4.69, 9.17) is 11.6 Å². The van der Waals surface area contributed by atoms with Gasteiger partial charge in [0.25, 0.3) is 5.91 Å². The molecule has 1 N–H and O–H groups in total. The number of hydrogen-bond acceptors (Lipinski definition) is 3. The third kappa shape index (κ3) is 3.68. The first-order valence-corrected chi connectivity index (χ1v) is 6.51. The first kappa shape index (κ1) is 13.8. The SMILES string of the molecule is CC(=O)N1CCN(NC(=O)c2ccc(Cl)cc2)CC1. The van der Waals surface area contributed by atoms with E-state index in [1.807, 2.05) is 5.01 Å². The van der Waals surface area contributed by atoms with Crippen molar-refractivity contribution in [2.75, 3.05) is 26.2 Å². The van der Waals surface area contributed by atoms with Crippen molar-refractivity contribution in [2.45, 2.75) is 6.92 Å². The van der Waals surface area contributed by atoms with Gasteiger partial charge in [0, 0.05) is 43.7 Å². The molecule has 1 aliphatic rings. The average Bonchev–Trinajstić information content (AvgIpc) is 2.40. The van der Waals surface area contributed by atoms with Crippen molar-refractivity contribution in [2.24, 2.45) is 0 Å². The maximum atomic E-state index is 12.0. The van der Waals surface area contributed by atoms with E-state index in [0.29, 0.717) is 36.8 Å². The number of piperazine rings is 1. The molecule has 5 nitrogen and oxygen atoms in total. The van der Waals surface area contributed by atoms with Crippen LogP contribution in [0.4, 0.5) is 0 Å². The van der Waals surface area contributed by atoms with Crippen LogP contribution in [-0.2, 0) is 4.79 Å². The molecule has 6 heteroatoms. The highest BCUT2D eigenvalue weighted by molar-refractivity contribution is 6.30. The molecule has 0 radical (unpaired) electrons. The Morgan fingerprint density at radius 2 is 1.68 bits per heavy atom. The number of hydrogen-bond donors (Lipinski definition) is 1. The Kier molecular flexibility index (Phi) is 4.39. The predicted molar refractivity (Wildman–Crippen MR) is 72.7 cm³/mol. The van der Waals surface area contributed by atoms with Gasteiger partial charge in [-0.25, -0.2) is 5.01 Å². The molecule has 0 aliphatic carbocycles. The normalized spacial score (nSPS) is 16.2. The number of carbonyl (C=O) groups is 2. The van der Waals surface area contributed by atoms with Crippen LogP contribution in [0, 0.1) is 0 Å². The van der Waals surface area contributed by atoms with Gasteiger partial charge in [0.1, 0.15) is 0 Å². The Labute approximate surface area is 117 Å². The summed E-state index contributed by atoms with van der Waals surface area (Å²) >= 11 is 5.77. The van der Waals surface area contributed by atoms with E-state index < -0.39 is 0 Å². The first-order chi connectivity index (χ1) is 9.06. The standard InChI is InChI=1S/C13H16ClN3O2/c1-10(18)16-6-8-17(9-7-16)15-13(19)11-2-4-12(14)5-3-11/h2-5H,6-9H2,1H3,(H,15,19). The number of amides is 2. The highest BCUT2D eigenvalue weighted by Crippen LogP contribution is 2.09.